The van der Waals surface area contributed by atoms with Crippen molar-refractivity contribution >= 4 is 39.2 Å². The number of sulfonamides is 1. The van der Waals surface area contributed by atoms with Gasteiger partial charge in [-0.3, -0.25) is 0 Å². The second kappa shape index (κ2) is 8.63. The molecule has 0 unspecified atom stereocenters. The van der Waals surface area contributed by atoms with Gasteiger partial charge in [0.05, 0.1) is 22.9 Å². The number of hydrogen-bond donors (Lipinski definition) is 0. The van der Waals surface area contributed by atoms with Crippen LogP contribution in [-0.4, -0.2) is 41.6 Å². The summed E-state index contributed by atoms with van der Waals surface area (Å²) >= 11 is 11.9. The fourth-order valence-corrected chi connectivity index (χ4v) is 5.18. The van der Waals surface area contributed by atoms with Gasteiger partial charge in [0.15, 0.2) is 5.69 Å². The maximum Gasteiger partial charge on any atom is 0.359 e. The van der Waals surface area contributed by atoms with E-state index < -0.39 is 16.0 Å². The first kappa shape index (κ1) is 21.8. The quantitative estimate of drug-likeness (QED) is 0.514. The second-order valence-electron chi connectivity index (χ2n) is 6.93. The number of fused-ring (bicyclic) bond motifs is 1. The van der Waals surface area contributed by atoms with Crippen LogP contribution in [0.1, 0.15) is 28.7 Å². The molecule has 4 rings (SSSR count). The predicted octanol–water partition coefficient (Wildman–Crippen LogP) is 4.10. The molecule has 0 N–H and O–H groups in total. The first-order chi connectivity index (χ1) is 14.8. The van der Waals surface area contributed by atoms with Crippen molar-refractivity contribution in [3.05, 3.63) is 75.5 Å². The minimum atomic E-state index is -3.77. The van der Waals surface area contributed by atoms with Gasteiger partial charge < -0.3 is 4.74 Å². The molecular formula is C21H19Cl2N3O4S. The van der Waals surface area contributed by atoms with Crippen LogP contribution in [-0.2, 0) is 27.7 Å². The van der Waals surface area contributed by atoms with Gasteiger partial charge >= 0.3 is 5.97 Å². The van der Waals surface area contributed by atoms with Gasteiger partial charge in [-0.2, -0.15) is 9.40 Å². The summed E-state index contributed by atoms with van der Waals surface area (Å²) < 4.78 is 34.5. The van der Waals surface area contributed by atoms with E-state index in [1.807, 2.05) is 0 Å². The molecule has 31 heavy (non-hydrogen) atoms. The number of benzene rings is 2. The highest BCUT2D eigenvalue weighted by molar-refractivity contribution is 7.89. The molecule has 0 bridgehead atoms. The lowest BCUT2D eigenvalue weighted by molar-refractivity contribution is 0.0517. The number of carbonyl (C=O) groups is 1. The van der Waals surface area contributed by atoms with Crippen molar-refractivity contribution in [2.45, 2.75) is 24.8 Å². The van der Waals surface area contributed by atoms with E-state index in [1.54, 1.807) is 35.9 Å². The Hall–Kier alpha value is -2.39. The number of nitrogens with zero attached hydrogens (tertiary/aromatic N) is 3. The number of hydrogen-bond acceptors (Lipinski definition) is 5. The molecule has 1 aliphatic heterocycles. The fraction of sp³-hybridized carbons (Fsp3) is 0.238. The Bertz CT molecular complexity index is 1220. The van der Waals surface area contributed by atoms with Crippen molar-refractivity contribution in [1.82, 2.24) is 14.1 Å². The van der Waals surface area contributed by atoms with E-state index in [2.05, 4.69) is 5.10 Å². The number of rotatable bonds is 5. The number of ether oxygens (including phenoxy) is 1. The lowest BCUT2D eigenvalue weighted by Gasteiger charge is -2.27. The SMILES string of the molecule is CCOC(=O)c1nn(-c2ccc(Cl)cc2)c2c1CN(S(=O)(=O)c1ccc(Cl)cc1)CC2. The molecule has 0 atom stereocenters. The Morgan fingerprint density at radius 2 is 1.68 bits per heavy atom. The summed E-state index contributed by atoms with van der Waals surface area (Å²) in [6.45, 7) is 2.16. The van der Waals surface area contributed by atoms with Crippen LogP contribution in [0.15, 0.2) is 53.4 Å². The highest BCUT2D eigenvalue weighted by atomic mass is 35.5. The maximum absolute atomic E-state index is 13.2. The third-order valence-electron chi connectivity index (χ3n) is 5.01. The highest BCUT2D eigenvalue weighted by Gasteiger charge is 2.34. The minimum absolute atomic E-state index is 0.0159. The number of carbonyl (C=O) groups excluding carboxylic acids is 1. The van der Waals surface area contributed by atoms with Crippen LogP contribution >= 0.6 is 23.2 Å². The van der Waals surface area contributed by atoms with E-state index in [0.29, 0.717) is 22.0 Å². The zero-order valence-corrected chi connectivity index (χ0v) is 18.9. The Labute approximate surface area is 190 Å². The molecule has 7 nitrogen and oxygen atoms in total. The van der Waals surface area contributed by atoms with Crippen molar-refractivity contribution < 1.29 is 17.9 Å². The molecule has 0 radical (unpaired) electrons. The van der Waals surface area contributed by atoms with Crippen molar-refractivity contribution in [2.75, 3.05) is 13.2 Å². The van der Waals surface area contributed by atoms with Crippen LogP contribution < -0.4 is 0 Å². The first-order valence-electron chi connectivity index (χ1n) is 9.61. The van der Waals surface area contributed by atoms with Crippen LogP contribution in [0.3, 0.4) is 0 Å². The number of halogens is 2. The third-order valence-corrected chi connectivity index (χ3v) is 7.38. The molecule has 0 amide bonds. The van der Waals surface area contributed by atoms with Crippen LogP contribution in [0.5, 0.6) is 0 Å². The molecule has 0 saturated heterocycles. The van der Waals surface area contributed by atoms with Gasteiger partial charge in [0, 0.05) is 35.1 Å². The monoisotopic (exact) mass is 479 g/mol. The summed E-state index contributed by atoms with van der Waals surface area (Å²) in [5, 5.41) is 5.50. The largest absolute Gasteiger partial charge is 0.461 e. The van der Waals surface area contributed by atoms with E-state index in [4.69, 9.17) is 27.9 Å². The van der Waals surface area contributed by atoms with E-state index in [1.165, 1.54) is 28.6 Å². The minimum Gasteiger partial charge on any atom is -0.461 e. The molecular weight excluding hydrogens is 461 g/mol. The Kier molecular flexibility index (Phi) is 6.07. The normalized spacial score (nSPS) is 14.3. The molecule has 2 aromatic carbocycles. The van der Waals surface area contributed by atoms with Gasteiger partial charge in [-0.05, 0) is 55.5 Å². The van der Waals surface area contributed by atoms with Gasteiger partial charge in [0.1, 0.15) is 0 Å². The maximum atomic E-state index is 13.2. The lowest BCUT2D eigenvalue weighted by Crippen LogP contribution is -2.36. The zero-order chi connectivity index (χ0) is 22.2. The molecule has 0 spiro atoms. The van der Waals surface area contributed by atoms with Crippen molar-refractivity contribution in [1.29, 1.82) is 0 Å². The van der Waals surface area contributed by atoms with Gasteiger partial charge in [-0.15, -0.1) is 0 Å². The van der Waals surface area contributed by atoms with E-state index >= 15 is 0 Å². The highest BCUT2D eigenvalue weighted by Crippen LogP contribution is 2.30. The van der Waals surface area contributed by atoms with Crippen molar-refractivity contribution in [3.8, 4) is 5.69 Å². The van der Waals surface area contributed by atoms with Gasteiger partial charge in [0.25, 0.3) is 0 Å². The summed E-state index contributed by atoms with van der Waals surface area (Å²) in [5.74, 6) is -0.586. The molecule has 162 valence electrons. The molecule has 1 aromatic heterocycles. The summed E-state index contributed by atoms with van der Waals surface area (Å²) in [5.41, 5.74) is 2.15. The smallest absolute Gasteiger partial charge is 0.359 e. The van der Waals surface area contributed by atoms with Crippen LogP contribution in [0.4, 0.5) is 0 Å². The fourth-order valence-electron chi connectivity index (χ4n) is 3.51. The van der Waals surface area contributed by atoms with E-state index in [9.17, 15) is 13.2 Å². The molecule has 0 aliphatic carbocycles. The van der Waals surface area contributed by atoms with Crippen molar-refractivity contribution in [2.24, 2.45) is 0 Å². The standard InChI is InChI=1S/C21H19Cl2N3O4S/c1-2-30-21(27)20-18-13-25(31(28,29)17-9-5-15(23)6-10-17)12-11-19(18)26(24-20)16-7-3-14(22)4-8-16/h3-10H,2,11-13H2,1H3. The zero-order valence-electron chi connectivity index (χ0n) is 16.6. The molecule has 3 aromatic rings. The van der Waals surface area contributed by atoms with Crippen LogP contribution in [0, 0.1) is 0 Å². The Morgan fingerprint density at radius 1 is 1.06 bits per heavy atom. The number of aromatic nitrogens is 2. The van der Waals surface area contributed by atoms with Gasteiger partial charge in [-0.1, -0.05) is 23.2 Å². The third kappa shape index (κ3) is 4.21. The summed E-state index contributed by atoms with van der Waals surface area (Å²) in [7, 11) is -3.77. The summed E-state index contributed by atoms with van der Waals surface area (Å²) in [6, 6.07) is 13.1. The molecule has 2 heterocycles. The Morgan fingerprint density at radius 3 is 2.29 bits per heavy atom. The average Bonchev–Trinajstić information content (AvgIpc) is 3.14. The predicted molar refractivity (Wildman–Crippen MR) is 117 cm³/mol. The second-order valence-corrected chi connectivity index (χ2v) is 9.74. The van der Waals surface area contributed by atoms with Crippen LogP contribution in [0.25, 0.3) is 5.69 Å². The number of esters is 1. The molecule has 0 fully saturated rings. The molecule has 1 aliphatic rings. The Balaban J connectivity index is 1.76. The van der Waals surface area contributed by atoms with Crippen LogP contribution in [0.2, 0.25) is 10.0 Å². The molecule has 10 heteroatoms. The topological polar surface area (TPSA) is 81.5 Å². The van der Waals surface area contributed by atoms with Crippen molar-refractivity contribution in [3.63, 3.8) is 0 Å². The van der Waals surface area contributed by atoms with Gasteiger partial charge in [-0.25, -0.2) is 17.9 Å². The van der Waals surface area contributed by atoms with E-state index in [0.717, 1.165) is 11.4 Å². The first-order valence-corrected chi connectivity index (χ1v) is 11.8. The summed E-state index contributed by atoms with van der Waals surface area (Å²) in [6.07, 6.45) is 0.386. The lowest BCUT2D eigenvalue weighted by atomic mass is 10.1. The van der Waals surface area contributed by atoms with Gasteiger partial charge in [0.2, 0.25) is 10.0 Å². The summed E-state index contributed by atoms with van der Waals surface area (Å²) in [4.78, 5) is 12.7. The van der Waals surface area contributed by atoms with E-state index in [-0.39, 0.29) is 30.3 Å². The molecule has 0 saturated carbocycles. The average molecular weight is 480 g/mol.